The SMILES string of the molecule is O=C(c1ccc2c(c1)OCO2)N1CCC[C@@H]1c1ccc(Cl)cc1. The lowest BCUT2D eigenvalue weighted by atomic mass is 10.0. The molecular weight excluding hydrogens is 314 g/mol. The van der Waals surface area contributed by atoms with Gasteiger partial charge in [-0.15, -0.1) is 0 Å². The smallest absolute Gasteiger partial charge is 0.254 e. The third-order valence-corrected chi connectivity index (χ3v) is 4.64. The topological polar surface area (TPSA) is 38.8 Å². The first-order valence-corrected chi connectivity index (χ1v) is 8.06. The van der Waals surface area contributed by atoms with E-state index in [2.05, 4.69) is 0 Å². The van der Waals surface area contributed by atoms with Gasteiger partial charge in [0.2, 0.25) is 6.79 Å². The minimum Gasteiger partial charge on any atom is -0.454 e. The molecule has 0 spiro atoms. The minimum atomic E-state index is 0.0285. The summed E-state index contributed by atoms with van der Waals surface area (Å²) in [6, 6.07) is 13.2. The summed E-state index contributed by atoms with van der Waals surface area (Å²) in [4.78, 5) is 14.8. The van der Waals surface area contributed by atoms with Crippen LogP contribution in [-0.2, 0) is 0 Å². The third kappa shape index (κ3) is 2.63. The molecule has 1 fully saturated rings. The molecule has 2 aliphatic rings. The van der Waals surface area contributed by atoms with Crippen LogP contribution in [0.2, 0.25) is 5.02 Å². The summed E-state index contributed by atoms with van der Waals surface area (Å²) >= 11 is 5.96. The summed E-state index contributed by atoms with van der Waals surface area (Å²) in [6.07, 6.45) is 1.97. The largest absolute Gasteiger partial charge is 0.454 e. The highest BCUT2D eigenvalue weighted by molar-refractivity contribution is 6.30. The molecule has 118 valence electrons. The predicted octanol–water partition coefficient (Wildman–Crippen LogP) is 4.05. The van der Waals surface area contributed by atoms with Gasteiger partial charge in [-0.1, -0.05) is 23.7 Å². The number of carbonyl (C=O) groups excluding carboxylic acids is 1. The highest BCUT2D eigenvalue weighted by atomic mass is 35.5. The van der Waals surface area contributed by atoms with Crippen LogP contribution in [0.4, 0.5) is 0 Å². The summed E-state index contributed by atoms with van der Waals surface area (Å²) in [5.41, 5.74) is 1.76. The Morgan fingerprint density at radius 3 is 2.70 bits per heavy atom. The van der Waals surface area contributed by atoms with E-state index in [9.17, 15) is 4.79 Å². The Balaban J connectivity index is 1.60. The zero-order valence-corrected chi connectivity index (χ0v) is 13.3. The lowest BCUT2D eigenvalue weighted by Crippen LogP contribution is -2.30. The van der Waals surface area contributed by atoms with E-state index >= 15 is 0 Å². The fraction of sp³-hybridized carbons (Fsp3) is 0.278. The van der Waals surface area contributed by atoms with E-state index in [-0.39, 0.29) is 18.7 Å². The summed E-state index contributed by atoms with van der Waals surface area (Å²) in [7, 11) is 0. The Kier molecular flexibility index (Phi) is 3.62. The van der Waals surface area contributed by atoms with Crippen molar-refractivity contribution in [3.63, 3.8) is 0 Å². The van der Waals surface area contributed by atoms with E-state index in [1.165, 1.54) is 0 Å². The van der Waals surface area contributed by atoms with Crippen molar-refractivity contribution >= 4 is 17.5 Å². The van der Waals surface area contributed by atoms with Crippen molar-refractivity contribution in [3.8, 4) is 11.5 Å². The van der Waals surface area contributed by atoms with Crippen molar-refractivity contribution < 1.29 is 14.3 Å². The van der Waals surface area contributed by atoms with Gasteiger partial charge in [-0.05, 0) is 48.7 Å². The second kappa shape index (κ2) is 5.78. The lowest BCUT2D eigenvalue weighted by molar-refractivity contribution is 0.0735. The number of halogens is 1. The van der Waals surface area contributed by atoms with Gasteiger partial charge in [-0.3, -0.25) is 4.79 Å². The first-order valence-electron chi connectivity index (χ1n) is 7.68. The molecule has 4 nitrogen and oxygen atoms in total. The maximum absolute atomic E-state index is 12.9. The van der Waals surface area contributed by atoms with Crippen LogP contribution in [0.1, 0.15) is 34.8 Å². The maximum Gasteiger partial charge on any atom is 0.254 e. The number of nitrogens with zero attached hydrogens (tertiary/aromatic N) is 1. The Bertz CT molecular complexity index is 744. The zero-order chi connectivity index (χ0) is 15.8. The van der Waals surface area contributed by atoms with E-state index in [0.29, 0.717) is 22.1 Å². The molecule has 4 rings (SSSR count). The highest BCUT2D eigenvalue weighted by Gasteiger charge is 2.31. The van der Waals surface area contributed by atoms with Crippen LogP contribution in [0.3, 0.4) is 0 Å². The molecule has 0 N–H and O–H groups in total. The molecule has 2 heterocycles. The van der Waals surface area contributed by atoms with Gasteiger partial charge in [-0.25, -0.2) is 0 Å². The lowest BCUT2D eigenvalue weighted by Gasteiger charge is -2.25. The Morgan fingerprint density at radius 1 is 1.09 bits per heavy atom. The van der Waals surface area contributed by atoms with E-state index in [4.69, 9.17) is 21.1 Å². The molecular formula is C18H16ClNO3. The Labute approximate surface area is 139 Å². The fourth-order valence-corrected chi connectivity index (χ4v) is 3.36. The van der Waals surface area contributed by atoms with Gasteiger partial charge in [0.1, 0.15) is 0 Å². The molecule has 2 aliphatic heterocycles. The fourth-order valence-electron chi connectivity index (χ4n) is 3.24. The number of fused-ring (bicyclic) bond motifs is 1. The first-order chi connectivity index (χ1) is 11.2. The molecule has 0 bridgehead atoms. The summed E-state index contributed by atoms with van der Waals surface area (Å²) < 4.78 is 10.7. The molecule has 0 radical (unpaired) electrons. The Hall–Kier alpha value is -2.20. The summed E-state index contributed by atoms with van der Waals surface area (Å²) in [5, 5.41) is 0.709. The first kappa shape index (κ1) is 14.4. The second-order valence-corrected chi connectivity index (χ2v) is 6.21. The van der Waals surface area contributed by atoms with E-state index in [1.807, 2.05) is 29.2 Å². The van der Waals surface area contributed by atoms with Gasteiger partial charge < -0.3 is 14.4 Å². The number of hydrogen-bond acceptors (Lipinski definition) is 3. The van der Waals surface area contributed by atoms with Gasteiger partial charge in [0.15, 0.2) is 11.5 Å². The molecule has 2 aromatic rings. The highest BCUT2D eigenvalue weighted by Crippen LogP contribution is 2.36. The van der Waals surface area contributed by atoms with E-state index < -0.39 is 0 Å². The van der Waals surface area contributed by atoms with Gasteiger partial charge >= 0.3 is 0 Å². The van der Waals surface area contributed by atoms with Crippen molar-refractivity contribution in [1.82, 2.24) is 4.90 Å². The van der Waals surface area contributed by atoms with Crippen LogP contribution >= 0.6 is 11.6 Å². The van der Waals surface area contributed by atoms with E-state index in [0.717, 1.165) is 24.9 Å². The quantitative estimate of drug-likeness (QED) is 0.834. The number of carbonyl (C=O) groups is 1. The van der Waals surface area contributed by atoms with Gasteiger partial charge in [-0.2, -0.15) is 0 Å². The molecule has 2 aromatic carbocycles. The van der Waals surface area contributed by atoms with Crippen LogP contribution in [-0.4, -0.2) is 24.1 Å². The Morgan fingerprint density at radius 2 is 1.87 bits per heavy atom. The molecule has 1 amide bonds. The zero-order valence-electron chi connectivity index (χ0n) is 12.5. The van der Waals surface area contributed by atoms with Crippen molar-refractivity contribution in [2.24, 2.45) is 0 Å². The monoisotopic (exact) mass is 329 g/mol. The van der Waals surface area contributed by atoms with Crippen LogP contribution in [0.5, 0.6) is 11.5 Å². The molecule has 0 aromatic heterocycles. The van der Waals surface area contributed by atoms with Crippen LogP contribution < -0.4 is 9.47 Å². The van der Waals surface area contributed by atoms with Gasteiger partial charge in [0.05, 0.1) is 6.04 Å². The molecule has 23 heavy (non-hydrogen) atoms. The number of rotatable bonds is 2. The van der Waals surface area contributed by atoms with Gasteiger partial charge in [0, 0.05) is 17.1 Å². The molecule has 0 unspecified atom stereocenters. The van der Waals surface area contributed by atoms with Crippen LogP contribution in [0.25, 0.3) is 0 Å². The molecule has 1 saturated heterocycles. The van der Waals surface area contributed by atoms with Crippen molar-refractivity contribution in [1.29, 1.82) is 0 Å². The minimum absolute atomic E-state index is 0.0285. The molecule has 1 atom stereocenters. The van der Waals surface area contributed by atoms with Crippen molar-refractivity contribution in [2.75, 3.05) is 13.3 Å². The van der Waals surface area contributed by atoms with Gasteiger partial charge in [0.25, 0.3) is 5.91 Å². The predicted molar refractivity (Wildman–Crippen MR) is 87.0 cm³/mol. The van der Waals surface area contributed by atoms with Crippen LogP contribution in [0, 0.1) is 0 Å². The van der Waals surface area contributed by atoms with Crippen molar-refractivity contribution in [2.45, 2.75) is 18.9 Å². The number of hydrogen-bond donors (Lipinski definition) is 0. The molecule has 0 aliphatic carbocycles. The summed E-state index contributed by atoms with van der Waals surface area (Å²) in [5.74, 6) is 1.36. The normalized spacial score (nSPS) is 19.2. The summed E-state index contributed by atoms with van der Waals surface area (Å²) in [6.45, 7) is 0.977. The number of amides is 1. The number of benzene rings is 2. The maximum atomic E-state index is 12.9. The van der Waals surface area contributed by atoms with Crippen molar-refractivity contribution in [3.05, 3.63) is 58.6 Å². The molecule has 0 saturated carbocycles. The second-order valence-electron chi connectivity index (χ2n) is 5.78. The number of ether oxygens (including phenoxy) is 2. The standard InChI is InChI=1S/C18H16ClNO3/c19-14-6-3-12(4-7-14)15-2-1-9-20(15)18(21)13-5-8-16-17(10-13)23-11-22-16/h3-8,10,15H,1-2,9,11H2/t15-/m1/s1. The van der Waals surface area contributed by atoms with E-state index in [1.54, 1.807) is 18.2 Å². The number of likely N-dealkylation sites (tertiary alicyclic amines) is 1. The average Bonchev–Trinajstić information content (AvgIpc) is 3.23. The van der Waals surface area contributed by atoms with Crippen LogP contribution in [0.15, 0.2) is 42.5 Å². The third-order valence-electron chi connectivity index (χ3n) is 4.39. The average molecular weight is 330 g/mol. The molecule has 5 heteroatoms.